The number of hydrogen-bond acceptors (Lipinski definition) is 2. The number of benzene rings is 2. The van der Waals surface area contributed by atoms with Crippen LogP contribution < -0.4 is 5.32 Å². The molecular weight excluding hydrogens is 423 g/mol. The molecule has 3 rings (SSSR count). The second kappa shape index (κ2) is 7.10. The highest BCUT2D eigenvalue weighted by atomic mass is 127. The lowest BCUT2D eigenvalue weighted by molar-refractivity contribution is -0.111. The van der Waals surface area contributed by atoms with Crippen molar-refractivity contribution in [2.24, 2.45) is 0 Å². The zero-order chi connectivity index (χ0) is 16.2. The lowest BCUT2D eigenvalue weighted by Crippen LogP contribution is -2.14. The minimum absolute atomic E-state index is 0.264. The number of amides is 1. The Morgan fingerprint density at radius 3 is 2.57 bits per heavy atom. The molecule has 0 aliphatic heterocycles. The van der Waals surface area contributed by atoms with Crippen molar-refractivity contribution in [3.8, 4) is 0 Å². The van der Waals surface area contributed by atoms with E-state index in [1.54, 1.807) is 6.20 Å². The number of hydrogen-bond donors (Lipinski definition) is 1. The fourth-order valence-corrected chi connectivity index (χ4v) is 2.85. The van der Waals surface area contributed by atoms with Gasteiger partial charge in [0.2, 0.25) is 0 Å². The molecule has 0 fully saturated rings. The molecule has 0 atom stereocenters. The van der Waals surface area contributed by atoms with Gasteiger partial charge in [-0.05, 0) is 52.4 Å². The maximum Gasteiger partial charge on any atom is 0.257 e. The van der Waals surface area contributed by atoms with E-state index in [1.807, 2.05) is 54.6 Å². The van der Waals surface area contributed by atoms with Gasteiger partial charge in [0.05, 0.1) is 16.8 Å². The first-order chi connectivity index (χ1) is 11.2. The van der Waals surface area contributed by atoms with Crippen LogP contribution in [0, 0.1) is 3.57 Å². The van der Waals surface area contributed by atoms with Gasteiger partial charge in [-0.3, -0.25) is 9.78 Å². The van der Waals surface area contributed by atoms with Gasteiger partial charge >= 0.3 is 0 Å². The number of nitrogens with one attached hydrogen (secondary N) is 1. The number of carbonyl (C=O) groups is 1. The number of pyridine rings is 1. The highest BCUT2D eigenvalue weighted by molar-refractivity contribution is 14.1. The number of para-hydroxylation sites is 1. The maximum absolute atomic E-state index is 12.6. The summed E-state index contributed by atoms with van der Waals surface area (Å²) in [7, 11) is 0. The molecule has 0 saturated carbocycles. The summed E-state index contributed by atoms with van der Waals surface area (Å²) in [5.41, 5.74) is 3.90. The number of fused-ring (bicyclic) bond motifs is 1. The van der Waals surface area contributed by atoms with E-state index in [1.165, 1.54) is 5.54 Å². The van der Waals surface area contributed by atoms with Gasteiger partial charge in [-0.25, -0.2) is 0 Å². The Bertz CT molecular complexity index is 886. The molecule has 1 N–H and O–H groups in total. The van der Waals surface area contributed by atoms with Crippen LogP contribution in [0.5, 0.6) is 0 Å². The minimum Gasteiger partial charge on any atom is -0.320 e. The third kappa shape index (κ3) is 3.54. The molecule has 0 saturated heterocycles. The van der Waals surface area contributed by atoms with Crippen molar-refractivity contribution in [1.29, 1.82) is 0 Å². The van der Waals surface area contributed by atoms with Crippen LogP contribution >= 0.6 is 34.2 Å². The highest BCUT2D eigenvalue weighted by Crippen LogP contribution is 2.24. The average Bonchev–Trinajstić information content (AvgIpc) is 2.57. The Hall–Kier alpha value is -1.92. The first kappa shape index (κ1) is 16.0. The largest absolute Gasteiger partial charge is 0.320 e. The van der Waals surface area contributed by atoms with E-state index in [4.69, 9.17) is 11.6 Å². The van der Waals surface area contributed by atoms with Gasteiger partial charge < -0.3 is 5.32 Å². The summed E-state index contributed by atoms with van der Waals surface area (Å²) in [6.45, 7) is 0. The van der Waals surface area contributed by atoms with Gasteiger partial charge in [-0.15, -0.1) is 0 Å². The van der Waals surface area contributed by atoms with Gasteiger partial charge in [0.1, 0.15) is 0 Å². The van der Waals surface area contributed by atoms with Crippen molar-refractivity contribution in [3.05, 3.63) is 75.5 Å². The van der Waals surface area contributed by atoms with Crippen LogP contribution in [0.2, 0.25) is 0 Å². The summed E-state index contributed by atoms with van der Waals surface area (Å²) >= 11 is 8.10. The van der Waals surface area contributed by atoms with Crippen LogP contribution in [-0.2, 0) is 4.79 Å². The van der Waals surface area contributed by atoms with Crippen molar-refractivity contribution in [2.75, 3.05) is 5.32 Å². The van der Waals surface area contributed by atoms with Gasteiger partial charge in [0, 0.05) is 20.7 Å². The molecule has 0 radical (unpaired) electrons. The summed E-state index contributed by atoms with van der Waals surface area (Å²) in [4.78, 5) is 16.9. The lowest BCUT2D eigenvalue weighted by Gasteiger charge is -2.10. The third-order valence-corrected chi connectivity index (χ3v) is 4.33. The molecule has 3 nitrogen and oxygen atoms in total. The lowest BCUT2D eigenvalue weighted by atomic mass is 10.1. The molecule has 0 aliphatic rings. The van der Waals surface area contributed by atoms with Crippen LogP contribution in [0.3, 0.4) is 0 Å². The Labute approximate surface area is 152 Å². The molecule has 0 unspecified atom stereocenters. The summed E-state index contributed by atoms with van der Waals surface area (Å²) in [5, 5.41) is 3.86. The number of carbonyl (C=O) groups excluding carboxylic acids is 1. The zero-order valence-electron chi connectivity index (χ0n) is 12.0. The predicted octanol–water partition coefficient (Wildman–Crippen LogP) is 5.06. The quantitative estimate of drug-likeness (QED) is 0.463. The average molecular weight is 435 g/mol. The second-order valence-corrected chi connectivity index (χ2v) is 6.33. The van der Waals surface area contributed by atoms with Gasteiger partial charge in [0.25, 0.3) is 5.91 Å². The van der Waals surface area contributed by atoms with Crippen LogP contribution in [-0.4, -0.2) is 10.9 Å². The number of aromatic nitrogens is 1. The van der Waals surface area contributed by atoms with E-state index in [-0.39, 0.29) is 5.91 Å². The molecule has 1 amide bonds. The van der Waals surface area contributed by atoms with Crippen LogP contribution in [0.25, 0.3) is 16.5 Å². The van der Waals surface area contributed by atoms with Crippen molar-refractivity contribution in [2.45, 2.75) is 0 Å². The molecule has 23 heavy (non-hydrogen) atoms. The minimum atomic E-state index is -0.264. The molecule has 3 aromatic rings. The van der Waals surface area contributed by atoms with Crippen LogP contribution in [0.1, 0.15) is 5.56 Å². The van der Waals surface area contributed by atoms with Crippen LogP contribution in [0.4, 0.5) is 5.69 Å². The van der Waals surface area contributed by atoms with Crippen LogP contribution in [0.15, 0.2) is 66.3 Å². The molecule has 114 valence electrons. The maximum atomic E-state index is 12.6. The SMILES string of the molecule is O=C(Nc1cccc2cccnc12)/C(=C\Cl)c1ccc(I)cc1. The normalized spacial score (nSPS) is 11.5. The fourth-order valence-electron chi connectivity index (χ4n) is 2.27. The number of anilines is 1. The van der Waals surface area contributed by atoms with Crippen molar-refractivity contribution < 1.29 is 4.79 Å². The Kier molecular flexibility index (Phi) is 4.93. The second-order valence-electron chi connectivity index (χ2n) is 4.86. The first-order valence-electron chi connectivity index (χ1n) is 6.90. The van der Waals surface area contributed by atoms with E-state index < -0.39 is 0 Å². The van der Waals surface area contributed by atoms with E-state index in [0.717, 1.165) is 20.0 Å². The Balaban J connectivity index is 1.92. The zero-order valence-corrected chi connectivity index (χ0v) is 14.9. The Morgan fingerprint density at radius 1 is 1.09 bits per heavy atom. The van der Waals surface area contributed by atoms with Gasteiger partial charge in [-0.2, -0.15) is 0 Å². The van der Waals surface area contributed by atoms with E-state index in [9.17, 15) is 4.79 Å². The van der Waals surface area contributed by atoms with Gasteiger partial charge in [-0.1, -0.05) is 41.9 Å². The number of rotatable bonds is 3. The van der Waals surface area contributed by atoms with E-state index in [2.05, 4.69) is 32.9 Å². The van der Waals surface area contributed by atoms with Gasteiger partial charge in [0.15, 0.2) is 0 Å². The molecule has 2 aromatic carbocycles. The summed E-state index contributed by atoms with van der Waals surface area (Å²) < 4.78 is 1.10. The molecule has 0 aliphatic carbocycles. The summed E-state index contributed by atoms with van der Waals surface area (Å²) in [5.74, 6) is -0.264. The molecule has 0 bridgehead atoms. The topological polar surface area (TPSA) is 42.0 Å². The summed E-state index contributed by atoms with van der Waals surface area (Å²) in [6.07, 6.45) is 1.70. The van der Waals surface area contributed by atoms with Crippen molar-refractivity contribution >= 4 is 62.3 Å². The first-order valence-corrected chi connectivity index (χ1v) is 8.42. The van der Waals surface area contributed by atoms with Crippen molar-refractivity contribution in [1.82, 2.24) is 4.98 Å². The van der Waals surface area contributed by atoms with Crippen molar-refractivity contribution in [3.63, 3.8) is 0 Å². The third-order valence-electron chi connectivity index (χ3n) is 3.39. The molecule has 1 heterocycles. The monoisotopic (exact) mass is 434 g/mol. The molecule has 5 heteroatoms. The molecule has 1 aromatic heterocycles. The molecule has 0 spiro atoms. The summed E-state index contributed by atoms with van der Waals surface area (Å²) in [6, 6.07) is 17.1. The molecular formula is C18H12ClIN2O. The fraction of sp³-hybridized carbons (Fsp3) is 0. The number of halogens is 2. The van der Waals surface area contributed by atoms with E-state index >= 15 is 0 Å². The highest BCUT2D eigenvalue weighted by Gasteiger charge is 2.13. The van der Waals surface area contributed by atoms with E-state index in [0.29, 0.717) is 11.3 Å². The predicted molar refractivity (Wildman–Crippen MR) is 103 cm³/mol. The standard InChI is InChI=1S/C18H12ClIN2O/c19-11-15(12-6-8-14(20)9-7-12)18(23)22-16-5-1-3-13-4-2-10-21-17(13)16/h1-11H,(H,22,23)/b15-11-. The number of nitrogens with zero attached hydrogens (tertiary/aromatic N) is 1. The Morgan fingerprint density at radius 2 is 1.83 bits per heavy atom. The smallest absolute Gasteiger partial charge is 0.257 e.